The third-order valence-electron chi connectivity index (χ3n) is 5.39. The van der Waals surface area contributed by atoms with Crippen LogP contribution in [0, 0.1) is 0 Å². The second-order valence-electron chi connectivity index (χ2n) is 7.57. The van der Waals surface area contributed by atoms with Gasteiger partial charge in [0.2, 0.25) is 10.0 Å². The summed E-state index contributed by atoms with van der Waals surface area (Å²) in [7, 11) is -3.74. The van der Waals surface area contributed by atoms with Gasteiger partial charge in [0, 0.05) is 25.3 Å². The Morgan fingerprint density at radius 1 is 1.09 bits per heavy atom. The lowest BCUT2D eigenvalue weighted by molar-refractivity contribution is -0.126. The molecule has 1 aliphatic heterocycles. The Hall–Kier alpha value is -2.42. The van der Waals surface area contributed by atoms with Gasteiger partial charge in [0.25, 0.3) is 5.91 Å². The van der Waals surface area contributed by atoms with Crippen molar-refractivity contribution in [1.82, 2.24) is 4.31 Å². The lowest BCUT2D eigenvalue weighted by atomic mass is 10.2. The number of ether oxygens (including phenoxy) is 1. The highest BCUT2D eigenvalue weighted by atomic mass is 35.5. The third-order valence-corrected chi connectivity index (χ3v) is 7.62. The fourth-order valence-electron chi connectivity index (χ4n) is 3.64. The molecule has 1 amide bonds. The van der Waals surface area contributed by atoms with Crippen molar-refractivity contribution in [2.75, 3.05) is 24.5 Å². The van der Waals surface area contributed by atoms with Crippen LogP contribution >= 0.6 is 11.6 Å². The highest BCUT2D eigenvalue weighted by molar-refractivity contribution is 7.89. The van der Waals surface area contributed by atoms with Crippen LogP contribution in [0.3, 0.4) is 0 Å². The molecule has 0 saturated carbocycles. The molecule has 0 unspecified atom stereocenters. The van der Waals surface area contributed by atoms with Crippen LogP contribution < -0.4 is 4.90 Å². The van der Waals surface area contributed by atoms with Gasteiger partial charge in [-0.05, 0) is 57.0 Å². The molecule has 0 aliphatic carbocycles. The third kappa shape index (κ3) is 5.31. The quantitative estimate of drug-likeness (QED) is 0.559. The van der Waals surface area contributed by atoms with Crippen molar-refractivity contribution >= 4 is 39.2 Å². The van der Waals surface area contributed by atoms with Gasteiger partial charge in [-0.15, -0.1) is 0 Å². The zero-order valence-corrected chi connectivity index (χ0v) is 19.7. The number of piperidine rings is 1. The summed E-state index contributed by atoms with van der Waals surface area (Å²) >= 11 is 6.17. The summed E-state index contributed by atoms with van der Waals surface area (Å²) in [5, 5.41) is 0.0580. The van der Waals surface area contributed by atoms with E-state index in [4.69, 9.17) is 16.3 Å². The Balaban J connectivity index is 1.78. The van der Waals surface area contributed by atoms with Crippen LogP contribution in [0.1, 0.15) is 43.5 Å². The maximum Gasteiger partial charge on any atom is 0.340 e. The Morgan fingerprint density at radius 2 is 1.75 bits per heavy atom. The van der Waals surface area contributed by atoms with Crippen molar-refractivity contribution in [3.05, 3.63) is 59.1 Å². The van der Waals surface area contributed by atoms with Crippen molar-refractivity contribution in [3.63, 3.8) is 0 Å². The molecule has 2 aromatic carbocycles. The molecule has 1 atom stereocenters. The molecule has 0 spiro atoms. The van der Waals surface area contributed by atoms with Crippen LogP contribution in [-0.4, -0.2) is 50.3 Å². The molecule has 172 valence electrons. The largest absolute Gasteiger partial charge is 0.449 e. The van der Waals surface area contributed by atoms with E-state index in [2.05, 4.69) is 0 Å². The molecular weight excluding hydrogens is 452 g/mol. The summed E-state index contributed by atoms with van der Waals surface area (Å²) in [5.41, 5.74) is 0.600. The smallest absolute Gasteiger partial charge is 0.340 e. The van der Waals surface area contributed by atoms with E-state index in [1.54, 1.807) is 12.1 Å². The Bertz CT molecular complexity index is 1070. The van der Waals surface area contributed by atoms with Crippen LogP contribution in [-0.2, 0) is 19.6 Å². The molecule has 1 heterocycles. The maximum absolute atomic E-state index is 13.0. The number of benzene rings is 2. The van der Waals surface area contributed by atoms with Gasteiger partial charge >= 0.3 is 5.97 Å². The molecule has 1 saturated heterocycles. The van der Waals surface area contributed by atoms with Crippen molar-refractivity contribution < 1.29 is 22.7 Å². The summed E-state index contributed by atoms with van der Waals surface area (Å²) in [6.45, 7) is 4.60. The number of nitrogens with zero attached hydrogens (tertiary/aromatic N) is 2. The summed E-state index contributed by atoms with van der Waals surface area (Å²) in [4.78, 5) is 27.2. The highest BCUT2D eigenvalue weighted by Crippen LogP contribution is 2.26. The summed E-state index contributed by atoms with van der Waals surface area (Å²) in [5.74, 6) is -1.24. The number of carbonyl (C=O) groups excluding carboxylic acids is 2. The fourth-order valence-corrected chi connectivity index (χ4v) is 5.38. The molecule has 0 aromatic heterocycles. The minimum atomic E-state index is -3.74. The van der Waals surface area contributed by atoms with Crippen molar-refractivity contribution in [1.29, 1.82) is 0 Å². The van der Waals surface area contributed by atoms with Crippen molar-refractivity contribution in [3.8, 4) is 0 Å². The molecule has 7 nitrogen and oxygen atoms in total. The number of hydrogen-bond donors (Lipinski definition) is 0. The van der Waals surface area contributed by atoms with E-state index in [9.17, 15) is 18.0 Å². The van der Waals surface area contributed by atoms with Crippen LogP contribution in [0.2, 0.25) is 5.02 Å². The first-order chi connectivity index (χ1) is 15.3. The second-order valence-corrected chi connectivity index (χ2v) is 9.92. The predicted octanol–water partition coefficient (Wildman–Crippen LogP) is 4.11. The van der Waals surface area contributed by atoms with Gasteiger partial charge in [-0.3, -0.25) is 4.79 Å². The average molecular weight is 479 g/mol. The van der Waals surface area contributed by atoms with E-state index >= 15 is 0 Å². The molecule has 0 N–H and O–H groups in total. The van der Waals surface area contributed by atoms with E-state index in [0.717, 1.165) is 19.3 Å². The van der Waals surface area contributed by atoms with Crippen LogP contribution in [0.15, 0.2) is 53.4 Å². The minimum Gasteiger partial charge on any atom is -0.449 e. The molecule has 0 bridgehead atoms. The predicted molar refractivity (Wildman–Crippen MR) is 123 cm³/mol. The normalized spacial score (nSPS) is 15.7. The molecule has 1 aliphatic rings. The Labute approximate surface area is 194 Å². The van der Waals surface area contributed by atoms with E-state index in [0.29, 0.717) is 25.3 Å². The van der Waals surface area contributed by atoms with Crippen molar-refractivity contribution in [2.45, 2.75) is 44.1 Å². The van der Waals surface area contributed by atoms with Crippen LogP contribution in [0.5, 0.6) is 0 Å². The molecule has 2 aromatic rings. The molecule has 32 heavy (non-hydrogen) atoms. The molecule has 9 heteroatoms. The lowest BCUT2D eigenvalue weighted by Crippen LogP contribution is -2.40. The van der Waals surface area contributed by atoms with E-state index in [1.165, 1.54) is 34.3 Å². The number of likely N-dealkylation sites (N-methyl/N-ethyl adjacent to an activating group) is 1. The Morgan fingerprint density at radius 3 is 2.38 bits per heavy atom. The summed E-state index contributed by atoms with van der Waals surface area (Å²) in [6, 6.07) is 13.0. The monoisotopic (exact) mass is 478 g/mol. The van der Waals surface area contributed by atoms with Gasteiger partial charge in [-0.1, -0.05) is 36.2 Å². The highest BCUT2D eigenvalue weighted by Gasteiger charge is 2.29. The number of carbonyl (C=O) groups is 2. The maximum atomic E-state index is 13.0. The number of esters is 1. The Kier molecular flexibility index (Phi) is 7.92. The van der Waals surface area contributed by atoms with Gasteiger partial charge < -0.3 is 9.64 Å². The number of rotatable bonds is 7. The second kappa shape index (κ2) is 10.5. The molecule has 1 fully saturated rings. The van der Waals surface area contributed by atoms with E-state index < -0.39 is 22.1 Å². The van der Waals surface area contributed by atoms with Crippen LogP contribution in [0.25, 0.3) is 0 Å². The van der Waals surface area contributed by atoms with E-state index in [1.807, 2.05) is 25.1 Å². The number of para-hydroxylation sites is 1. The zero-order valence-electron chi connectivity index (χ0n) is 18.2. The molecule has 3 rings (SSSR count). The minimum absolute atomic E-state index is 0.0193. The van der Waals surface area contributed by atoms with Crippen molar-refractivity contribution in [2.24, 2.45) is 0 Å². The van der Waals surface area contributed by atoms with Gasteiger partial charge in [-0.25, -0.2) is 13.2 Å². The molecular formula is C23H27ClN2O5S. The number of amides is 1. The van der Waals surface area contributed by atoms with Gasteiger partial charge in [0.1, 0.15) is 0 Å². The molecule has 0 radical (unpaired) electrons. The number of anilines is 1. The first-order valence-electron chi connectivity index (χ1n) is 10.6. The number of halogens is 1. The van der Waals surface area contributed by atoms with Gasteiger partial charge in [0.15, 0.2) is 6.10 Å². The summed E-state index contributed by atoms with van der Waals surface area (Å²) in [6.07, 6.45) is 1.52. The SMILES string of the molecule is CCN(C(=O)[C@H](C)OC(=O)c1cc(S(=O)(=O)N2CCCCC2)ccc1Cl)c1ccccc1. The average Bonchev–Trinajstić information content (AvgIpc) is 2.80. The topological polar surface area (TPSA) is 84.0 Å². The standard InChI is InChI=1S/C23H27ClN2O5S/c1-3-26(18-10-6-4-7-11-18)22(27)17(2)31-23(28)20-16-19(12-13-21(20)24)32(29,30)25-14-8-5-9-15-25/h4,6-7,10-13,16-17H,3,5,8-9,14-15H2,1-2H3/t17-/m0/s1. The first kappa shape index (κ1) is 24.2. The number of hydrogen-bond acceptors (Lipinski definition) is 5. The van der Waals surface area contributed by atoms with Gasteiger partial charge in [0.05, 0.1) is 15.5 Å². The fraction of sp³-hybridized carbons (Fsp3) is 0.391. The van der Waals surface area contributed by atoms with Gasteiger partial charge in [-0.2, -0.15) is 4.31 Å². The number of sulfonamides is 1. The zero-order chi connectivity index (χ0) is 23.3. The first-order valence-corrected chi connectivity index (χ1v) is 12.4. The lowest BCUT2D eigenvalue weighted by Gasteiger charge is -2.26. The van der Waals surface area contributed by atoms with E-state index in [-0.39, 0.29) is 21.4 Å². The van der Waals surface area contributed by atoms with Crippen LogP contribution in [0.4, 0.5) is 5.69 Å². The summed E-state index contributed by atoms with van der Waals surface area (Å²) < 4.78 is 32.7.